The van der Waals surface area contributed by atoms with Crippen LogP contribution in [0.3, 0.4) is 0 Å². The SMILES string of the molecule is COc1ccccc1N(C)CC(=O)NC(C(C)=O)C(C)C. The van der Waals surface area contributed by atoms with E-state index in [1.54, 1.807) is 12.0 Å². The Morgan fingerprint density at radius 3 is 2.43 bits per heavy atom. The van der Waals surface area contributed by atoms with Crippen LogP contribution >= 0.6 is 0 Å². The van der Waals surface area contributed by atoms with Crippen molar-refractivity contribution in [3.05, 3.63) is 24.3 Å². The number of para-hydroxylation sites is 2. The van der Waals surface area contributed by atoms with Crippen molar-refractivity contribution in [3.8, 4) is 5.75 Å². The zero-order valence-electron chi connectivity index (χ0n) is 13.3. The van der Waals surface area contributed by atoms with Crippen LogP contribution in [0.5, 0.6) is 5.75 Å². The maximum absolute atomic E-state index is 12.1. The van der Waals surface area contributed by atoms with Crippen molar-refractivity contribution in [2.24, 2.45) is 5.92 Å². The average molecular weight is 292 g/mol. The first-order chi connectivity index (χ1) is 9.86. The minimum atomic E-state index is -0.441. The molecule has 1 atom stereocenters. The third kappa shape index (κ3) is 4.77. The first-order valence-electron chi connectivity index (χ1n) is 7.00. The van der Waals surface area contributed by atoms with Crippen LogP contribution in [-0.2, 0) is 9.59 Å². The van der Waals surface area contributed by atoms with Gasteiger partial charge in [0.2, 0.25) is 5.91 Å². The number of hydrogen-bond acceptors (Lipinski definition) is 4. The molecule has 1 amide bonds. The van der Waals surface area contributed by atoms with Gasteiger partial charge in [0.1, 0.15) is 5.75 Å². The van der Waals surface area contributed by atoms with E-state index in [1.165, 1.54) is 6.92 Å². The molecule has 0 saturated heterocycles. The van der Waals surface area contributed by atoms with Crippen LogP contribution in [0, 0.1) is 5.92 Å². The molecule has 0 bridgehead atoms. The average Bonchev–Trinajstić information content (AvgIpc) is 2.43. The van der Waals surface area contributed by atoms with Gasteiger partial charge in [-0.1, -0.05) is 26.0 Å². The lowest BCUT2D eigenvalue weighted by molar-refractivity contribution is -0.127. The second-order valence-corrected chi connectivity index (χ2v) is 5.43. The monoisotopic (exact) mass is 292 g/mol. The standard InChI is InChI=1S/C16H24N2O3/c1-11(2)16(12(3)19)17-15(20)10-18(4)13-8-6-7-9-14(13)21-5/h6-9,11,16H,10H2,1-5H3,(H,17,20). The summed E-state index contributed by atoms with van der Waals surface area (Å²) in [6.45, 7) is 5.48. The molecule has 1 rings (SSSR count). The molecule has 1 aromatic carbocycles. The van der Waals surface area contributed by atoms with Crippen molar-refractivity contribution >= 4 is 17.4 Å². The van der Waals surface area contributed by atoms with Gasteiger partial charge in [-0.05, 0) is 25.0 Å². The van der Waals surface area contributed by atoms with Gasteiger partial charge in [-0.3, -0.25) is 9.59 Å². The number of Topliss-reactive ketones (excluding diaryl/α,β-unsaturated/α-hetero) is 1. The van der Waals surface area contributed by atoms with Crippen molar-refractivity contribution < 1.29 is 14.3 Å². The maximum Gasteiger partial charge on any atom is 0.240 e. The second-order valence-electron chi connectivity index (χ2n) is 5.43. The van der Waals surface area contributed by atoms with Crippen LogP contribution < -0.4 is 15.0 Å². The maximum atomic E-state index is 12.1. The lowest BCUT2D eigenvalue weighted by Crippen LogP contribution is -2.46. The molecule has 116 valence electrons. The van der Waals surface area contributed by atoms with E-state index in [4.69, 9.17) is 4.74 Å². The molecule has 0 aliphatic heterocycles. The summed E-state index contributed by atoms with van der Waals surface area (Å²) in [4.78, 5) is 25.4. The fourth-order valence-corrected chi connectivity index (χ4v) is 2.20. The lowest BCUT2D eigenvalue weighted by atomic mass is 10.0. The van der Waals surface area contributed by atoms with E-state index in [2.05, 4.69) is 5.32 Å². The van der Waals surface area contributed by atoms with E-state index in [-0.39, 0.29) is 24.2 Å². The summed E-state index contributed by atoms with van der Waals surface area (Å²) >= 11 is 0. The summed E-state index contributed by atoms with van der Waals surface area (Å²) in [7, 11) is 3.41. The van der Waals surface area contributed by atoms with Crippen molar-refractivity contribution in [1.82, 2.24) is 5.32 Å². The fraction of sp³-hybridized carbons (Fsp3) is 0.500. The summed E-state index contributed by atoms with van der Waals surface area (Å²) in [5.74, 6) is 0.568. The Balaban J connectivity index is 2.72. The Hall–Kier alpha value is -2.04. The van der Waals surface area contributed by atoms with Gasteiger partial charge in [0.15, 0.2) is 5.78 Å². The van der Waals surface area contributed by atoms with Gasteiger partial charge < -0.3 is 15.0 Å². The van der Waals surface area contributed by atoms with E-state index in [0.29, 0.717) is 5.75 Å². The number of rotatable bonds is 7. The number of likely N-dealkylation sites (N-methyl/N-ethyl adjacent to an activating group) is 1. The van der Waals surface area contributed by atoms with E-state index in [9.17, 15) is 9.59 Å². The largest absolute Gasteiger partial charge is 0.495 e. The quantitative estimate of drug-likeness (QED) is 0.833. The highest BCUT2D eigenvalue weighted by Gasteiger charge is 2.21. The molecule has 0 aromatic heterocycles. The number of carbonyl (C=O) groups excluding carboxylic acids is 2. The van der Waals surface area contributed by atoms with Crippen molar-refractivity contribution in [2.75, 3.05) is 25.6 Å². The van der Waals surface area contributed by atoms with Crippen LogP contribution in [0.4, 0.5) is 5.69 Å². The number of carbonyl (C=O) groups is 2. The molecule has 0 heterocycles. The summed E-state index contributed by atoms with van der Waals surface area (Å²) in [6.07, 6.45) is 0. The predicted molar refractivity (Wildman–Crippen MR) is 83.7 cm³/mol. The fourth-order valence-electron chi connectivity index (χ4n) is 2.20. The Morgan fingerprint density at radius 1 is 1.29 bits per heavy atom. The molecular formula is C16H24N2O3. The highest BCUT2D eigenvalue weighted by molar-refractivity contribution is 5.89. The molecule has 0 fully saturated rings. The molecule has 5 nitrogen and oxygen atoms in total. The zero-order chi connectivity index (χ0) is 16.0. The van der Waals surface area contributed by atoms with E-state index < -0.39 is 6.04 Å². The third-order valence-electron chi connectivity index (χ3n) is 3.30. The van der Waals surface area contributed by atoms with Gasteiger partial charge in [-0.2, -0.15) is 0 Å². The number of ketones is 1. The zero-order valence-corrected chi connectivity index (χ0v) is 13.3. The van der Waals surface area contributed by atoms with Gasteiger partial charge in [-0.25, -0.2) is 0 Å². The minimum absolute atomic E-state index is 0.0294. The van der Waals surface area contributed by atoms with Gasteiger partial charge >= 0.3 is 0 Å². The molecule has 0 aliphatic carbocycles. The van der Waals surface area contributed by atoms with E-state index in [0.717, 1.165) is 5.69 Å². The molecule has 21 heavy (non-hydrogen) atoms. The van der Waals surface area contributed by atoms with E-state index in [1.807, 2.05) is 45.2 Å². The van der Waals surface area contributed by atoms with Crippen LogP contribution in [0.25, 0.3) is 0 Å². The topological polar surface area (TPSA) is 58.6 Å². The molecule has 0 spiro atoms. The molecular weight excluding hydrogens is 268 g/mol. The van der Waals surface area contributed by atoms with Gasteiger partial charge in [0, 0.05) is 7.05 Å². The molecule has 0 aliphatic rings. The molecule has 1 unspecified atom stereocenters. The Kier molecular flexibility index (Phi) is 6.21. The van der Waals surface area contributed by atoms with Crippen LogP contribution in [0.1, 0.15) is 20.8 Å². The third-order valence-corrected chi connectivity index (χ3v) is 3.30. The number of nitrogens with one attached hydrogen (secondary N) is 1. The van der Waals surface area contributed by atoms with Gasteiger partial charge in [0.25, 0.3) is 0 Å². The number of methoxy groups -OCH3 is 1. The number of amides is 1. The number of ether oxygens (including phenoxy) is 1. The molecule has 1 N–H and O–H groups in total. The smallest absolute Gasteiger partial charge is 0.240 e. The van der Waals surface area contributed by atoms with Crippen LogP contribution in [0.2, 0.25) is 0 Å². The van der Waals surface area contributed by atoms with Crippen LogP contribution in [-0.4, -0.2) is 38.4 Å². The number of nitrogens with zero attached hydrogens (tertiary/aromatic N) is 1. The lowest BCUT2D eigenvalue weighted by Gasteiger charge is -2.24. The van der Waals surface area contributed by atoms with Crippen molar-refractivity contribution in [2.45, 2.75) is 26.8 Å². The van der Waals surface area contributed by atoms with Gasteiger partial charge in [-0.15, -0.1) is 0 Å². The van der Waals surface area contributed by atoms with Crippen molar-refractivity contribution in [1.29, 1.82) is 0 Å². The van der Waals surface area contributed by atoms with Crippen molar-refractivity contribution in [3.63, 3.8) is 0 Å². The summed E-state index contributed by atoms with van der Waals surface area (Å²) < 4.78 is 5.28. The molecule has 5 heteroatoms. The summed E-state index contributed by atoms with van der Waals surface area (Å²) in [5.41, 5.74) is 0.832. The Bertz CT molecular complexity index is 500. The molecule has 0 saturated carbocycles. The van der Waals surface area contributed by atoms with E-state index >= 15 is 0 Å². The summed E-state index contributed by atoms with van der Waals surface area (Å²) in [6, 6.07) is 7.05. The highest BCUT2D eigenvalue weighted by atomic mass is 16.5. The summed E-state index contributed by atoms with van der Waals surface area (Å²) in [5, 5.41) is 2.78. The number of anilines is 1. The predicted octanol–water partition coefficient (Wildman–Crippen LogP) is 1.86. The first kappa shape index (κ1) is 17.0. The van der Waals surface area contributed by atoms with Gasteiger partial charge in [0.05, 0.1) is 25.4 Å². The van der Waals surface area contributed by atoms with Crippen LogP contribution in [0.15, 0.2) is 24.3 Å². The number of benzene rings is 1. The first-order valence-corrected chi connectivity index (χ1v) is 7.00. The highest BCUT2D eigenvalue weighted by Crippen LogP contribution is 2.26. The number of hydrogen-bond donors (Lipinski definition) is 1. The molecule has 0 radical (unpaired) electrons. The Labute approximate surface area is 126 Å². The normalized spacial score (nSPS) is 11.9. The molecule has 1 aromatic rings. The minimum Gasteiger partial charge on any atom is -0.495 e. The Morgan fingerprint density at radius 2 is 1.90 bits per heavy atom. The second kappa shape index (κ2) is 7.67.